The highest BCUT2D eigenvalue weighted by Crippen LogP contribution is 2.38. The van der Waals surface area contributed by atoms with Crippen LogP contribution in [0.2, 0.25) is 0 Å². The normalized spacial score (nSPS) is 18.0. The average molecular weight is 269 g/mol. The molecule has 0 atom stereocenters. The molecule has 1 aromatic heterocycles. The van der Waals surface area contributed by atoms with Gasteiger partial charge in [0.25, 0.3) is 0 Å². The van der Waals surface area contributed by atoms with Gasteiger partial charge in [-0.05, 0) is 24.3 Å². The Bertz CT molecular complexity index is 737. The van der Waals surface area contributed by atoms with Crippen LogP contribution >= 0.6 is 0 Å². The average Bonchev–Trinajstić information content (AvgIpc) is 2.60. The molecule has 1 saturated heterocycles. The first-order valence-corrected chi connectivity index (χ1v) is 6.42. The number of nitrogens with zero attached hydrogens (tertiary/aromatic N) is 2. The predicted octanol–water partition coefficient (Wildman–Crippen LogP) is 2.11. The summed E-state index contributed by atoms with van der Waals surface area (Å²) in [5.74, 6) is -0.368. The molecule has 0 unspecified atom stereocenters. The quantitative estimate of drug-likeness (QED) is 0.635. The molecule has 0 aliphatic carbocycles. The zero-order chi connectivity index (χ0) is 14.5. The molecule has 1 fully saturated rings. The van der Waals surface area contributed by atoms with Crippen LogP contribution in [-0.2, 0) is 9.59 Å². The lowest BCUT2D eigenvalue weighted by molar-refractivity contribution is -0.124. The second kappa shape index (κ2) is 4.03. The van der Waals surface area contributed by atoms with E-state index in [1.807, 2.05) is 6.07 Å². The van der Waals surface area contributed by atoms with Gasteiger partial charge < -0.3 is 5.73 Å². The third-order valence-electron chi connectivity index (χ3n) is 3.64. The SMILES string of the molecule is CC1(C)CC(=O)N(c2ccc(N)c3ncccc23)C1=O. The van der Waals surface area contributed by atoms with Crippen molar-refractivity contribution in [3.8, 4) is 0 Å². The van der Waals surface area contributed by atoms with Gasteiger partial charge in [0.1, 0.15) is 0 Å². The van der Waals surface area contributed by atoms with Crippen molar-refractivity contribution in [1.29, 1.82) is 0 Å². The molecule has 0 bridgehead atoms. The number of pyridine rings is 1. The number of anilines is 2. The van der Waals surface area contributed by atoms with Crippen LogP contribution in [0.15, 0.2) is 30.5 Å². The van der Waals surface area contributed by atoms with Gasteiger partial charge in [0.05, 0.1) is 22.3 Å². The number of carbonyl (C=O) groups excluding carboxylic acids is 2. The second-order valence-corrected chi connectivity index (χ2v) is 5.67. The lowest BCUT2D eigenvalue weighted by Gasteiger charge is -2.19. The predicted molar refractivity (Wildman–Crippen MR) is 77.0 cm³/mol. The fraction of sp³-hybridized carbons (Fsp3) is 0.267. The van der Waals surface area contributed by atoms with E-state index in [4.69, 9.17) is 5.73 Å². The minimum Gasteiger partial charge on any atom is -0.397 e. The highest BCUT2D eigenvalue weighted by molar-refractivity contribution is 6.25. The molecule has 5 nitrogen and oxygen atoms in total. The van der Waals surface area contributed by atoms with Crippen molar-refractivity contribution in [2.24, 2.45) is 5.41 Å². The van der Waals surface area contributed by atoms with Crippen LogP contribution in [0.4, 0.5) is 11.4 Å². The van der Waals surface area contributed by atoms with Crippen LogP contribution in [0.25, 0.3) is 10.9 Å². The second-order valence-electron chi connectivity index (χ2n) is 5.67. The molecule has 0 spiro atoms. The van der Waals surface area contributed by atoms with Gasteiger partial charge in [0.15, 0.2) is 0 Å². The summed E-state index contributed by atoms with van der Waals surface area (Å²) >= 11 is 0. The van der Waals surface area contributed by atoms with Gasteiger partial charge >= 0.3 is 0 Å². The molecule has 1 aliphatic heterocycles. The van der Waals surface area contributed by atoms with E-state index in [9.17, 15) is 9.59 Å². The Morgan fingerprint density at radius 3 is 2.65 bits per heavy atom. The number of rotatable bonds is 1. The van der Waals surface area contributed by atoms with E-state index < -0.39 is 5.41 Å². The number of imide groups is 1. The first-order chi connectivity index (χ1) is 9.42. The number of hydrogen-bond acceptors (Lipinski definition) is 4. The molecule has 2 heterocycles. The van der Waals surface area contributed by atoms with Gasteiger partial charge in [-0.1, -0.05) is 13.8 Å². The van der Waals surface area contributed by atoms with Crippen molar-refractivity contribution in [3.05, 3.63) is 30.5 Å². The summed E-state index contributed by atoms with van der Waals surface area (Å²) in [6.45, 7) is 3.57. The first-order valence-electron chi connectivity index (χ1n) is 6.42. The third-order valence-corrected chi connectivity index (χ3v) is 3.64. The number of fused-ring (bicyclic) bond motifs is 1. The van der Waals surface area contributed by atoms with Crippen LogP contribution in [0.1, 0.15) is 20.3 Å². The lowest BCUT2D eigenvalue weighted by Crippen LogP contribution is -2.33. The monoisotopic (exact) mass is 269 g/mol. The Kier molecular flexibility index (Phi) is 2.54. The zero-order valence-corrected chi connectivity index (χ0v) is 11.4. The molecule has 5 heteroatoms. The van der Waals surface area contributed by atoms with E-state index in [2.05, 4.69) is 4.98 Å². The van der Waals surface area contributed by atoms with Crippen molar-refractivity contribution >= 4 is 34.1 Å². The number of nitrogens with two attached hydrogens (primary N) is 1. The molecular weight excluding hydrogens is 254 g/mol. The van der Waals surface area contributed by atoms with Crippen LogP contribution in [-0.4, -0.2) is 16.8 Å². The summed E-state index contributed by atoms with van der Waals surface area (Å²) in [5, 5.41) is 0.715. The van der Waals surface area contributed by atoms with Crippen molar-refractivity contribution in [2.45, 2.75) is 20.3 Å². The molecule has 2 aromatic rings. The molecule has 20 heavy (non-hydrogen) atoms. The van der Waals surface area contributed by atoms with Crippen molar-refractivity contribution in [3.63, 3.8) is 0 Å². The van der Waals surface area contributed by atoms with Crippen LogP contribution in [0, 0.1) is 5.41 Å². The summed E-state index contributed by atoms with van der Waals surface area (Å²) in [4.78, 5) is 30.1. The lowest BCUT2D eigenvalue weighted by atomic mass is 9.92. The van der Waals surface area contributed by atoms with E-state index in [0.717, 1.165) is 0 Å². The van der Waals surface area contributed by atoms with Crippen LogP contribution in [0.3, 0.4) is 0 Å². The fourth-order valence-electron chi connectivity index (χ4n) is 2.57. The minimum absolute atomic E-state index is 0.183. The standard InChI is InChI=1S/C15H15N3O2/c1-15(2)8-12(19)18(14(15)20)11-6-5-10(16)13-9(11)4-3-7-17-13/h3-7H,8,16H2,1-2H3. The summed E-state index contributed by atoms with van der Waals surface area (Å²) < 4.78 is 0. The van der Waals surface area contributed by atoms with Gasteiger partial charge in [0.2, 0.25) is 11.8 Å². The smallest absolute Gasteiger partial charge is 0.239 e. The fourth-order valence-corrected chi connectivity index (χ4v) is 2.57. The Labute approximate surface area is 116 Å². The van der Waals surface area contributed by atoms with Crippen molar-refractivity contribution in [1.82, 2.24) is 4.98 Å². The number of carbonyl (C=O) groups is 2. The van der Waals surface area contributed by atoms with E-state index in [-0.39, 0.29) is 18.2 Å². The van der Waals surface area contributed by atoms with Gasteiger partial charge in [-0.25, -0.2) is 4.90 Å². The molecule has 0 radical (unpaired) electrons. The number of benzene rings is 1. The molecule has 102 valence electrons. The summed E-state index contributed by atoms with van der Waals surface area (Å²) in [6, 6.07) is 6.97. The molecular formula is C15H15N3O2. The maximum atomic E-state index is 12.4. The topological polar surface area (TPSA) is 76.3 Å². The van der Waals surface area contributed by atoms with Gasteiger partial charge in [0, 0.05) is 18.0 Å². The number of aromatic nitrogens is 1. The zero-order valence-electron chi connectivity index (χ0n) is 11.4. The Morgan fingerprint density at radius 2 is 2.00 bits per heavy atom. The number of hydrogen-bond donors (Lipinski definition) is 1. The van der Waals surface area contributed by atoms with E-state index in [1.165, 1.54) is 4.90 Å². The minimum atomic E-state index is -0.660. The Balaban J connectivity index is 2.24. The highest BCUT2D eigenvalue weighted by Gasteiger charge is 2.45. The van der Waals surface area contributed by atoms with Gasteiger partial charge in [-0.2, -0.15) is 0 Å². The van der Waals surface area contributed by atoms with Crippen LogP contribution in [0.5, 0.6) is 0 Å². The molecule has 1 aromatic carbocycles. The molecule has 3 rings (SSSR count). The maximum Gasteiger partial charge on any atom is 0.239 e. The number of nitrogen functional groups attached to an aromatic ring is 1. The highest BCUT2D eigenvalue weighted by atomic mass is 16.2. The Morgan fingerprint density at radius 1 is 1.25 bits per heavy atom. The van der Waals surface area contributed by atoms with E-state index in [1.54, 1.807) is 38.2 Å². The summed E-state index contributed by atoms with van der Waals surface area (Å²) in [5.41, 5.74) is 6.93. The van der Waals surface area contributed by atoms with Crippen LogP contribution < -0.4 is 10.6 Å². The largest absolute Gasteiger partial charge is 0.397 e. The van der Waals surface area contributed by atoms with Gasteiger partial charge in [-0.15, -0.1) is 0 Å². The number of amides is 2. The molecule has 0 saturated carbocycles. The van der Waals surface area contributed by atoms with E-state index in [0.29, 0.717) is 22.3 Å². The van der Waals surface area contributed by atoms with Crippen molar-refractivity contribution < 1.29 is 9.59 Å². The van der Waals surface area contributed by atoms with E-state index >= 15 is 0 Å². The Hall–Kier alpha value is -2.43. The van der Waals surface area contributed by atoms with Crippen molar-refractivity contribution in [2.75, 3.05) is 10.6 Å². The summed E-state index contributed by atoms with van der Waals surface area (Å²) in [7, 11) is 0. The third kappa shape index (κ3) is 1.66. The first kappa shape index (κ1) is 12.6. The maximum absolute atomic E-state index is 12.4. The molecule has 2 amide bonds. The van der Waals surface area contributed by atoms with Gasteiger partial charge in [-0.3, -0.25) is 14.6 Å². The summed E-state index contributed by atoms with van der Waals surface area (Å²) in [6.07, 6.45) is 1.86. The molecule has 1 aliphatic rings. The molecule has 2 N–H and O–H groups in total.